The zero-order valence-electron chi connectivity index (χ0n) is 11.8. The van der Waals surface area contributed by atoms with Crippen molar-refractivity contribution in [2.45, 2.75) is 51.9 Å². The Kier molecular flexibility index (Phi) is 6.14. The van der Waals surface area contributed by atoms with E-state index in [1.54, 1.807) is 0 Å². The van der Waals surface area contributed by atoms with Crippen LogP contribution in [-0.2, 0) is 20.4 Å². The van der Waals surface area contributed by atoms with E-state index >= 15 is 0 Å². The van der Waals surface area contributed by atoms with Crippen LogP contribution in [0.4, 0.5) is 8.78 Å². The first kappa shape index (κ1) is 18.2. The molecule has 0 heterocycles. The molecule has 0 atom stereocenters. The van der Waals surface area contributed by atoms with Gasteiger partial charge in [-0.1, -0.05) is 49.5 Å². The van der Waals surface area contributed by atoms with E-state index in [2.05, 4.69) is 41.5 Å². The summed E-state index contributed by atoms with van der Waals surface area (Å²) < 4.78 is 26.7. The standard InChI is InChI=1S/C14H21F2P.Pd/c1-13(2,3)17(14(4,5)6)12-8-10(15)7-11(16)9-12;/h7-9H,1-6H3;. The van der Waals surface area contributed by atoms with Crippen molar-refractivity contribution in [1.29, 1.82) is 0 Å². The van der Waals surface area contributed by atoms with Crippen LogP contribution >= 0.6 is 7.92 Å². The molecule has 4 heteroatoms. The van der Waals surface area contributed by atoms with E-state index in [-0.39, 0.29) is 30.7 Å². The van der Waals surface area contributed by atoms with Gasteiger partial charge in [0.15, 0.2) is 0 Å². The zero-order valence-corrected chi connectivity index (χ0v) is 14.2. The summed E-state index contributed by atoms with van der Waals surface area (Å²) >= 11 is 0. The van der Waals surface area contributed by atoms with Crippen molar-refractivity contribution < 1.29 is 29.2 Å². The molecule has 0 unspecified atom stereocenters. The Hall–Kier alpha value is 0.172. The Labute approximate surface area is 124 Å². The minimum atomic E-state index is -0.650. The zero-order chi connectivity index (χ0) is 13.4. The summed E-state index contributed by atoms with van der Waals surface area (Å²) in [6, 6.07) is 3.89. The van der Waals surface area contributed by atoms with Gasteiger partial charge in [-0.3, -0.25) is 0 Å². The fourth-order valence-corrected chi connectivity index (χ4v) is 6.52. The molecular weight excluding hydrogens is 344 g/mol. The summed E-state index contributed by atoms with van der Waals surface area (Å²) in [5.74, 6) is -0.970. The second-order valence-corrected chi connectivity index (χ2v) is 10.2. The van der Waals surface area contributed by atoms with Crippen molar-refractivity contribution in [3.63, 3.8) is 0 Å². The molecule has 1 aromatic carbocycles. The second-order valence-electron chi connectivity index (χ2n) is 6.30. The summed E-state index contributed by atoms with van der Waals surface area (Å²) in [5, 5.41) is 0.847. The molecule has 18 heavy (non-hydrogen) atoms. The molecule has 0 bridgehead atoms. The first-order chi connectivity index (χ1) is 7.51. The van der Waals surface area contributed by atoms with Gasteiger partial charge in [0.2, 0.25) is 0 Å². The largest absolute Gasteiger partial charge is 0.207 e. The average Bonchev–Trinajstić information content (AvgIpc) is 1.93. The van der Waals surface area contributed by atoms with E-state index < -0.39 is 19.6 Å². The minimum absolute atomic E-state index is 0. The Morgan fingerprint density at radius 1 is 0.778 bits per heavy atom. The van der Waals surface area contributed by atoms with Crippen LogP contribution in [0, 0.1) is 11.6 Å². The number of halogens is 2. The van der Waals surface area contributed by atoms with Gasteiger partial charge in [-0.15, -0.1) is 0 Å². The average molecular weight is 365 g/mol. The normalized spacial score (nSPS) is 12.5. The molecule has 0 aromatic heterocycles. The van der Waals surface area contributed by atoms with Gasteiger partial charge in [-0.05, 0) is 27.7 Å². The molecule has 1 rings (SSSR count). The molecule has 0 nitrogen and oxygen atoms in total. The van der Waals surface area contributed by atoms with Crippen LogP contribution in [-0.4, -0.2) is 10.3 Å². The fraction of sp³-hybridized carbons (Fsp3) is 0.571. The van der Waals surface area contributed by atoms with Crippen LogP contribution < -0.4 is 5.30 Å². The molecule has 0 N–H and O–H groups in total. The minimum Gasteiger partial charge on any atom is -0.207 e. The summed E-state index contributed by atoms with van der Waals surface area (Å²) in [6.45, 7) is 12.8. The van der Waals surface area contributed by atoms with Gasteiger partial charge in [0, 0.05) is 26.5 Å². The Balaban J connectivity index is 0.00000289. The van der Waals surface area contributed by atoms with Gasteiger partial charge < -0.3 is 0 Å². The van der Waals surface area contributed by atoms with E-state index in [4.69, 9.17) is 0 Å². The van der Waals surface area contributed by atoms with Gasteiger partial charge in [0.1, 0.15) is 11.6 Å². The molecule has 0 spiro atoms. The maximum absolute atomic E-state index is 13.3. The van der Waals surface area contributed by atoms with Gasteiger partial charge in [-0.25, -0.2) is 8.78 Å². The van der Waals surface area contributed by atoms with Crippen molar-refractivity contribution in [2.24, 2.45) is 0 Å². The first-order valence-corrected chi connectivity index (χ1v) is 7.12. The first-order valence-electron chi connectivity index (χ1n) is 5.78. The number of hydrogen-bond acceptors (Lipinski definition) is 0. The summed E-state index contributed by atoms with van der Waals surface area (Å²) in [5.41, 5.74) is 0. The third kappa shape index (κ3) is 4.69. The molecule has 0 aliphatic carbocycles. The molecule has 1 aromatic rings. The molecular formula is C14H21F2PPd. The van der Waals surface area contributed by atoms with Crippen molar-refractivity contribution in [3.8, 4) is 0 Å². The molecule has 0 saturated heterocycles. The quantitative estimate of drug-likeness (QED) is 0.502. The molecule has 0 saturated carbocycles. The Morgan fingerprint density at radius 2 is 1.11 bits per heavy atom. The van der Waals surface area contributed by atoms with Crippen molar-refractivity contribution in [3.05, 3.63) is 29.8 Å². The van der Waals surface area contributed by atoms with E-state index in [0.717, 1.165) is 11.4 Å². The summed E-state index contributed by atoms with van der Waals surface area (Å²) in [4.78, 5) is 0. The molecule has 106 valence electrons. The topological polar surface area (TPSA) is 0 Å². The second kappa shape index (κ2) is 6.08. The predicted molar refractivity (Wildman–Crippen MR) is 72.4 cm³/mol. The van der Waals surface area contributed by atoms with Crippen LogP contribution in [0.25, 0.3) is 0 Å². The van der Waals surface area contributed by atoms with Gasteiger partial charge in [-0.2, -0.15) is 0 Å². The van der Waals surface area contributed by atoms with Crippen LogP contribution in [0.3, 0.4) is 0 Å². The molecule has 0 fully saturated rings. The Morgan fingerprint density at radius 3 is 1.39 bits per heavy atom. The summed E-state index contributed by atoms with van der Waals surface area (Å²) in [6.07, 6.45) is 0. The molecule has 0 amide bonds. The van der Waals surface area contributed by atoms with E-state index in [0.29, 0.717) is 0 Å². The maximum Gasteiger partial charge on any atom is 0.126 e. The van der Waals surface area contributed by atoms with Gasteiger partial charge >= 0.3 is 0 Å². The van der Waals surface area contributed by atoms with E-state index in [9.17, 15) is 8.78 Å². The van der Waals surface area contributed by atoms with Crippen molar-refractivity contribution >= 4 is 13.2 Å². The van der Waals surface area contributed by atoms with Crippen LogP contribution in [0.5, 0.6) is 0 Å². The van der Waals surface area contributed by atoms with E-state index in [1.807, 2.05) is 0 Å². The third-order valence-corrected chi connectivity index (χ3v) is 5.91. The smallest absolute Gasteiger partial charge is 0.126 e. The van der Waals surface area contributed by atoms with Crippen molar-refractivity contribution in [1.82, 2.24) is 0 Å². The number of rotatable bonds is 1. The summed E-state index contributed by atoms with van der Waals surface area (Å²) in [7, 11) is -0.650. The van der Waals surface area contributed by atoms with Crippen LogP contribution in [0.15, 0.2) is 18.2 Å². The monoisotopic (exact) mass is 364 g/mol. The van der Waals surface area contributed by atoms with Crippen molar-refractivity contribution in [2.75, 3.05) is 0 Å². The molecule has 0 radical (unpaired) electrons. The molecule has 0 aliphatic rings. The molecule has 0 aliphatic heterocycles. The van der Waals surface area contributed by atoms with Gasteiger partial charge in [0.05, 0.1) is 0 Å². The predicted octanol–water partition coefficient (Wildman–Crippen LogP) is 4.67. The fourth-order valence-electron chi connectivity index (χ4n) is 2.45. The number of hydrogen-bond donors (Lipinski definition) is 0. The third-order valence-electron chi connectivity index (χ3n) is 2.45. The SMILES string of the molecule is CC(C)(C)P(c1cc(F)cc(F)c1)C(C)(C)C.[Pd]. The van der Waals surface area contributed by atoms with Gasteiger partial charge in [0.25, 0.3) is 0 Å². The van der Waals surface area contributed by atoms with Crippen LogP contribution in [0.1, 0.15) is 41.5 Å². The van der Waals surface area contributed by atoms with Crippen LogP contribution in [0.2, 0.25) is 0 Å². The maximum atomic E-state index is 13.3. The van der Waals surface area contributed by atoms with E-state index in [1.165, 1.54) is 12.1 Å². The Bertz CT molecular complexity index is 371. The number of benzene rings is 1.